The number of carbonyl (C=O) groups excluding carboxylic acids is 3. The van der Waals surface area contributed by atoms with Gasteiger partial charge in [0.1, 0.15) is 18.1 Å². The van der Waals surface area contributed by atoms with Gasteiger partial charge < -0.3 is 23.9 Å². The Kier molecular flexibility index (Phi) is 6.81. The SMILES string of the molecule is C=CCOc1c(Br)cc(/C=C2\NC(=O)N(Cc3ccc(C(=O)OC)o3)C2=O)cc1OC. The van der Waals surface area contributed by atoms with Crippen LogP contribution < -0.4 is 14.8 Å². The quantitative estimate of drug-likeness (QED) is 0.261. The molecule has 0 saturated carbocycles. The summed E-state index contributed by atoms with van der Waals surface area (Å²) in [6, 6.07) is 5.71. The van der Waals surface area contributed by atoms with Crippen molar-refractivity contribution in [3.8, 4) is 11.5 Å². The van der Waals surface area contributed by atoms with Crippen molar-refractivity contribution in [3.05, 3.63) is 64.2 Å². The standard InChI is InChI=1S/C21H19BrN2O7/c1-4-7-30-18-14(22)8-12(10-17(18)28-2)9-15-19(25)24(21(27)23-15)11-13-5-6-16(31-13)20(26)29-3/h4-6,8-10H,1,7,11H2,2-3H3,(H,23,27)/b15-9-. The molecule has 1 saturated heterocycles. The molecule has 9 nitrogen and oxygen atoms in total. The van der Waals surface area contributed by atoms with Crippen LogP contribution >= 0.6 is 15.9 Å². The molecule has 1 aliphatic heterocycles. The van der Waals surface area contributed by atoms with Crippen molar-refractivity contribution >= 4 is 39.9 Å². The molecule has 1 fully saturated rings. The summed E-state index contributed by atoms with van der Waals surface area (Å²) >= 11 is 3.42. The highest BCUT2D eigenvalue weighted by Crippen LogP contribution is 2.37. The number of hydrogen-bond acceptors (Lipinski definition) is 7. The minimum atomic E-state index is -0.649. The topological polar surface area (TPSA) is 107 Å². The number of rotatable bonds is 8. The lowest BCUT2D eigenvalue weighted by Crippen LogP contribution is -2.30. The zero-order valence-corrected chi connectivity index (χ0v) is 18.4. The molecule has 1 aromatic heterocycles. The number of methoxy groups -OCH3 is 2. The molecule has 0 atom stereocenters. The fourth-order valence-corrected chi connectivity index (χ4v) is 3.39. The summed E-state index contributed by atoms with van der Waals surface area (Å²) in [7, 11) is 2.72. The van der Waals surface area contributed by atoms with Gasteiger partial charge in [0.2, 0.25) is 5.76 Å². The van der Waals surface area contributed by atoms with E-state index in [-0.39, 0.29) is 23.8 Å². The molecule has 162 valence electrons. The van der Waals surface area contributed by atoms with Crippen LogP contribution in [0.15, 0.2) is 51.5 Å². The Hall–Kier alpha value is -3.53. The number of ether oxygens (including phenoxy) is 3. The molecule has 10 heteroatoms. The average Bonchev–Trinajstić information content (AvgIpc) is 3.32. The van der Waals surface area contributed by atoms with E-state index in [0.29, 0.717) is 28.1 Å². The second-order valence-corrected chi connectivity index (χ2v) is 7.13. The molecular weight excluding hydrogens is 472 g/mol. The molecule has 31 heavy (non-hydrogen) atoms. The number of carbonyl (C=O) groups is 3. The zero-order valence-electron chi connectivity index (χ0n) is 16.8. The van der Waals surface area contributed by atoms with Gasteiger partial charge in [-0.2, -0.15) is 0 Å². The monoisotopic (exact) mass is 490 g/mol. The van der Waals surface area contributed by atoms with Crippen LogP contribution in [-0.2, 0) is 16.1 Å². The van der Waals surface area contributed by atoms with E-state index in [1.54, 1.807) is 18.2 Å². The Labute approximate surface area is 186 Å². The van der Waals surface area contributed by atoms with Gasteiger partial charge in [-0.25, -0.2) is 9.59 Å². The smallest absolute Gasteiger partial charge is 0.373 e. The van der Waals surface area contributed by atoms with Gasteiger partial charge in [-0.3, -0.25) is 9.69 Å². The van der Waals surface area contributed by atoms with Crippen LogP contribution in [-0.4, -0.2) is 43.6 Å². The molecule has 0 bridgehead atoms. The van der Waals surface area contributed by atoms with Crippen LogP contribution in [0.5, 0.6) is 11.5 Å². The van der Waals surface area contributed by atoms with Gasteiger partial charge in [0, 0.05) is 0 Å². The third-order valence-corrected chi connectivity index (χ3v) is 4.82. The van der Waals surface area contributed by atoms with Crippen LogP contribution in [0.3, 0.4) is 0 Å². The van der Waals surface area contributed by atoms with E-state index in [4.69, 9.17) is 13.9 Å². The fraction of sp³-hybridized carbons (Fsp3) is 0.190. The van der Waals surface area contributed by atoms with Gasteiger partial charge in [0.15, 0.2) is 11.5 Å². The minimum absolute atomic E-state index is 0.0176. The van der Waals surface area contributed by atoms with Crippen LogP contribution in [0.25, 0.3) is 6.08 Å². The first-order valence-electron chi connectivity index (χ1n) is 9.00. The van der Waals surface area contributed by atoms with Gasteiger partial charge in [0.05, 0.1) is 25.2 Å². The number of imide groups is 1. The lowest BCUT2D eigenvalue weighted by molar-refractivity contribution is -0.123. The van der Waals surface area contributed by atoms with E-state index in [1.807, 2.05) is 0 Å². The summed E-state index contributed by atoms with van der Waals surface area (Å²) in [5, 5.41) is 2.53. The maximum Gasteiger partial charge on any atom is 0.373 e. The van der Waals surface area contributed by atoms with Gasteiger partial charge in [-0.05, 0) is 51.8 Å². The number of hydrogen-bond donors (Lipinski definition) is 1. The van der Waals surface area contributed by atoms with Crippen LogP contribution in [0, 0.1) is 0 Å². The van der Waals surface area contributed by atoms with Crippen molar-refractivity contribution in [3.63, 3.8) is 0 Å². The first-order valence-corrected chi connectivity index (χ1v) is 9.80. The van der Waals surface area contributed by atoms with Crippen LogP contribution in [0.4, 0.5) is 4.79 Å². The van der Waals surface area contributed by atoms with Crippen molar-refractivity contribution in [1.29, 1.82) is 0 Å². The maximum absolute atomic E-state index is 12.7. The molecule has 1 aliphatic rings. The summed E-state index contributed by atoms with van der Waals surface area (Å²) < 4.78 is 21.5. The molecule has 2 heterocycles. The van der Waals surface area contributed by atoms with Gasteiger partial charge in [-0.15, -0.1) is 0 Å². The van der Waals surface area contributed by atoms with E-state index >= 15 is 0 Å². The highest BCUT2D eigenvalue weighted by Gasteiger charge is 2.34. The Morgan fingerprint density at radius 1 is 1.29 bits per heavy atom. The van der Waals surface area contributed by atoms with Gasteiger partial charge in [-0.1, -0.05) is 12.7 Å². The second-order valence-electron chi connectivity index (χ2n) is 6.27. The Morgan fingerprint density at radius 2 is 2.06 bits per heavy atom. The molecule has 1 aromatic carbocycles. The normalized spacial score (nSPS) is 14.5. The Bertz CT molecular complexity index is 1070. The van der Waals surface area contributed by atoms with E-state index in [1.165, 1.54) is 32.4 Å². The summed E-state index contributed by atoms with van der Waals surface area (Å²) in [6.07, 6.45) is 3.13. The molecule has 0 aliphatic carbocycles. The summed E-state index contributed by atoms with van der Waals surface area (Å²) in [5.41, 5.74) is 0.685. The molecule has 2 aromatic rings. The van der Waals surface area contributed by atoms with E-state index in [2.05, 4.69) is 32.6 Å². The van der Waals surface area contributed by atoms with Gasteiger partial charge >= 0.3 is 12.0 Å². The number of furan rings is 1. The molecule has 0 spiro atoms. The first kappa shape index (κ1) is 22.2. The highest BCUT2D eigenvalue weighted by molar-refractivity contribution is 9.10. The summed E-state index contributed by atoms with van der Waals surface area (Å²) in [4.78, 5) is 37.5. The van der Waals surface area contributed by atoms with Crippen molar-refractivity contribution in [2.75, 3.05) is 20.8 Å². The zero-order chi connectivity index (χ0) is 22.5. The van der Waals surface area contributed by atoms with E-state index < -0.39 is 17.9 Å². The predicted molar refractivity (Wildman–Crippen MR) is 113 cm³/mol. The largest absolute Gasteiger partial charge is 0.493 e. The van der Waals surface area contributed by atoms with Crippen LogP contribution in [0.2, 0.25) is 0 Å². The molecule has 3 amide bonds. The second kappa shape index (κ2) is 9.52. The summed E-state index contributed by atoms with van der Waals surface area (Å²) in [6.45, 7) is 3.77. The molecule has 0 unspecified atom stereocenters. The average molecular weight is 491 g/mol. The number of nitrogens with zero attached hydrogens (tertiary/aromatic N) is 1. The Balaban J connectivity index is 1.81. The number of benzene rings is 1. The lowest BCUT2D eigenvalue weighted by Gasteiger charge is -2.12. The summed E-state index contributed by atoms with van der Waals surface area (Å²) in [5.74, 6) is -0.00343. The Morgan fingerprint density at radius 3 is 2.74 bits per heavy atom. The maximum atomic E-state index is 12.7. The number of urea groups is 1. The fourth-order valence-electron chi connectivity index (χ4n) is 2.82. The molecule has 1 N–H and O–H groups in total. The number of nitrogens with one attached hydrogen (secondary N) is 1. The third-order valence-electron chi connectivity index (χ3n) is 4.23. The minimum Gasteiger partial charge on any atom is -0.493 e. The first-order chi connectivity index (χ1) is 14.9. The molecule has 3 rings (SSSR count). The highest BCUT2D eigenvalue weighted by atomic mass is 79.9. The van der Waals surface area contributed by atoms with Gasteiger partial charge in [0.25, 0.3) is 5.91 Å². The lowest BCUT2D eigenvalue weighted by atomic mass is 10.1. The van der Waals surface area contributed by atoms with Crippen molar-refractivity contribution in [2.24, 2.45) is 0 Å². The number of esters is 1. The van der Waals surface area contributed by atoms with E-state index in [9.17, 15) is 14.4 Å². The van der Waals surface area contributed by atoms with E-state index in [0.717, 1.165) is 4.90 Å². The van der Waals surface area contributed by atoms with Crippen molar-refractivity contribution in [1.82, 2.24) is 10.2 Å². The number of amides is 3. The predicted octanol–water partition coefficient (Wildman–Crippen LogP) is 3.50. The van der Waals surface area contributed by atoms with Crippen molar-refractivity contribution in [2.45, 2.75) is 6.54 Å². The van der Waals surface area contributed by atoms with Crippen molar-refractivity contribution < 1.29 is 33.0 Å². The molecular formula is C21H19BrN2O7. The molecule has 0 radical (unpaired) electrons. The number of halogens is 1. The third kappa shape index (κ3) is 4.80. The van der Waals surface area contributed by atoms with Crippen LogP contribution in [0.1, 0.15) is 21.9 Å².